The molecular formula is C21H23F3N2O2. The van der Waals surface area contributed by atoms with Crippen LogP contribution in [0.4, 0.5) is 13.2 Å². The molecule has 0 atom stereocenters. The molecule has 28 heavy (non-hydrogen) atoms. The highest BCUT2D eigenvalue weighted by molar-refractivity contribution is 5.94. The summed E-state index contributed by atoms with van der Waals surface area (Å²) in [6.07, 6.45) is -2.53. The molecule has 0 bridgehead atoms. The molecule has 0 aromatic heterocycles. The monoisotopic (exact) mass is 392 g/mol. The molecule has 1 aliphatic rings. The number of benzene rings is 2. The number of hydrogen-bond acceptors (Lipinski definition) is 3. The highest BCUT2D eigenvalue weighted by atomic mass is 19.4. The first-order chi connectivity index (χ1) is 13.4. The molecule has 0 aliphatic carbocycles. The lowest BCUT2D eigenvalue weighted by Gasteiger charge is -2.32. The summed E-state index contributed by atoms with van der Waals surface area (Å²) in [5.41, 5.74) is -0.307. The van der Waals surface area contributed by atoms with E-state index in [-0.39, 0.29) is 11.7 Å². The summed E-state index contributed by atoms with van der Waals surface area (Å²) in [4.78, 5) is 14.6. The van der Waals surface area contributed by atoms with Crippen LogP contribution >= 0.6 is 0 Å². The number of alkyl halides is 3. The van der Waals surface area contributed by atoms with E-state index in [9.17, 15) is 18.0 Å². The van der Waals surface area contributed by atoms with Crippen molar-refractivity contribution >= 4 is 5.91 Å². The molecule has 1 aliphatic heterocycles. The number of likely N-dealkylation sites (tertiary alicyclic amines) is 1. The van der Waals surface area contributed by atoms with Gasteiger partial charge in [-0.3, -0.25) is 4.79 Å². The van der Waals surface area contributed by atoms with Gasteiger partial charge in [-0.25, -0.2) is 0 Å². The molecule has 1 saturated heterocycles. The lowest BCUT2D eigenvalue weighted by atomic mass is 9.96. The molecule has 7 heteroatoms. The van der Waals surface area contributed by atoms with Gasteiger partial charge in [0.15, 0.2) is 0 Å². The minimum Gasteiger partial charge on any atom is -0.457 e. The third kappa shape index (κ3) is 5.04. The zero-order chi connectivity index (χ0) is 20.1. The Labute approximate surface area is 162 Å². The molecule has 0 radical (unpaired) electrons. The van der Waals surface area contributed by atoms with E-state index in [4.69, 9.17) is 4.74 Å². The number of hydrogen-bond donors (Lipinski definition) is 1. The van der Waals surface area contributed by atoms with Crippen LogP contribution in [-0.4, -0.2) is 37.5 Å². The summed E-state index contributed by atoms with van der Waals surface area (Å²) < 4.78 is 44.1. The normalized spacial score (nSPS) is 15.5. The lowest BCUT2D eigenvalue weighted by molar-refractivity contribution is -0.137. The summed E-state index contributed by atoms with van der Waals surface area (Å²) in [5, 5.41) is 3.17. The number of rotatable bonds is 5. The molecule has 0 spiro atoms. The second kappa shape index (κ2) is 8.65. The Kier molecular flexibility index (Phi) is 6.24. The van der Waals surface area contributed by atoms with Crippen LogP contribution in [-0.2, 0) is 6.18 Å². The zero-order valence-electron chi connectivity index (χ0n) is 15.6. The molecule has 1 heterocycles. The van der Waals surface area contributed by atoms with Crippen molar-refractivity contribution in [1.82, 2.24) is 10.2 Å². The van der Waals surface area contributed by atoms with Crippen LogP contribution in [0.3, 0.4) is 0 Å². The summed E-state index contributed by atoms with van der Waals surface area (Å²) in [7, 11) is 1.92. The minimum atomic E-state index is -4.43. The Balaban J connectivity index is 1.68. The van der Waals surface area contributed by atoms with Crippen LogP contribution in [0.2, 0.25) is 0 Å². The molecule has 4 nitrogen and oxygen atoms in total. The second-order valence-corrected chi connectivity index (χ2v) is 6.95. The third-order valence-corrected chi connectivity index (χ3v) is 4.87. The largest absolute Gasteiger partial charge is 0.457 e. The summed E-state index contributed by atoms with van der Waals surface area (Å²) in [6, 6.07) is 11.2. The topological polar surface area (TPSA) is 41.6 Å². The highest BCUT2D eigenvalue weighted by Crippen LogP contribution is 2.33. The number of amides is 1. The summed E-state index contributed by atoms with van der Waals surface area (Å²) in [5.74, 6) is 0.893. The quantitative estimate of drug-likeness (QED) is 0.811. The first kappa shape index (κ1) is 20.2. The van der Waals surface area contributed by atoms with Crippen molar-refractivity contribution in [2.75, 3.05) is 26.7 Å². The molecule has 2 aromatic rings. The van der Waals surface area contributed by atoms with Gasteiger partial charge in [0.2, 0.25) is 0 Å². The van der Waals surface area contributed by atoms with Crippen LogP contribution in [0.25, 0.3) is 0 Å². The van der Waals surface area contributed by atoms with Crippen LogP contribution in [0.1, 0.15) is 28.8 Å². The average molecular weight is 392 g/mol. The smallest absolute Gasteiger partial charge is 0.416 e. The first-order valence-corrected chi connectivity index (χ1v) is 9.26. The number of nitrogens with zero attached hydrogens (tertiary/aromatic N) is 1. The number of carbonyl (C=O) groups is 1. The van der Waals surface area contributed by atoms with Crippen molar-refractivity contribution < 1.29 is 22.7 Å². The second-order valence-electron chi connectivity index (χ2n) is 6.95. The summed E-state index contributed by atoms with van der Waals surface area (Å²) in [6.45, 7) is 2.34. The van der Waals surface area contributed by atoms with E-state index in [1.807, 2.05) is 11.9 Å². The van der Waals surface area contributed by atoms with Gasteiger partial charge in [-0.2, -0.15) is 13.2 Å². The summed E-state index contributed by atoms with van der Waals surface area (Å²) >= 11 is 0. The van der Waals surface area contributed by atoms with Crippen LogP contribution in [0, 0.1) is 5.92 Å². The fourth-order valence-electron chi connectivity index (χ4n) is 3.38. The fraction of sp³-hybridized carbons (Fsp3) is 0.381. The molecule has 1 fully saturated rings. The van der Waals surface area contributed by atoms with Gasteiger partial charge < -0.3 is 15.0 Å². The maximum atomic E-state index is 12.8. The molecular weight excluding hydrogens is 369 g/mol. The third-order valence-electron chi connectivity index (χ3n) is 4.87. The van der Waals surface area contributed by atoms with Crippen molar-refractivity contribution in [3.8, 4) is 11.5 Å². The van der Waals surface area contributed by atoms with Gasteiger partial charge in [-0.1, -0.05) is 12.1 Å². The number of carbonyl (C=O) groups excluding carboxylic acids is 1. The number of nitrogens with one attached hydrogen (secondary N) is 1. The van der Waals surface area contributed by atoms with Crippen molar-refractivity contribution in [3.63, 3.8) is 0 Å². The molecule has 0 unspecified atom stereocenters. The fourth-order valence-corrected chi connectivity index (χ4v) is 3.38. The molecule has 2 aromatic carbocycles. The number of halogens is 3. The molecule has 3 rings (SSSR count). The van der Waals surface area contributed by atoms with Crippen molar-refractivity contribution in [2.24, 2.45) is 5.92 Å². The first-order valence-electron chi connectivity index (χ1n) is 9.26. The van der Waals surface area contributed by atoms with E-state index in [2.05, 4.69) is 5.32 Å². The standard InChI is InChI=1S/C21H23F3N2O2/c1-25-14-15-8-10-26(11-9-15)20(27)16-4-2-6-18(12-16)28-19-7-3-5-17(13-19)21(22,23)24/h2-7,12-13,15,25H,8-11,14H2,1H3. The lowest BCUT2D eigenvalue weighted by Crippen LogP contribution is -2.40. The Morgan fingerprint density at radius 2 is 1.75 bits per heavy atom. The Bertz CT molecular complexity index is 815. The van der Waals surface area contributed by atoms with E-state index in [1.165, 1.54) is 12.1 Å². The van der Waals surface area contributed by atoms with E-state index in [1.54, 1.807) is 24.3 Å². The average Bonchev–Trinajstić information content (AvgIpc) is 2.68. The highest BCUT2D eigenvalue weighted by Gasteiger charge is 2.30. The maximum Gasteiger partial charge on any atom is 0.416 e. The Morgan fingerprint density at radius 3 is 2.39 bits per heavy atom. The van der Waals surface area contributed by atoms with Crippen LogP contribution < -0.4 is 10.1 Å². The van der Waals surface area contributed by atoms with E-state index in [0.29, 0.717) is 30.3 Å². The van der Waals surface area contributed by atoms with Crippen molar-refractivity contribution in [1.29, 1.82) is 0 Å². The van der Waals surface area contributed by atoms with E-state index in [0.717, 1.165) is 31.5 Å². The zero-order valence-corrected chi connectivity index (χ0v) is 15.6. The van der Waals surface area contributed by atoms with Gasteiger partial charge in [0.25, 0.3) is 5.91 Å². The van der Waals surface area contributed by atoms with Gasteiger partial charge in [0.1, 0.15) is 11.5 Å². The SMILES string of the molecule is CNCC1CCN(C(=O)c2cccc(Oc3cccc(C(F)(F)F)c3)c2)CC1. The van der Waals surface area contributed by atoms with Crippen molar-refractivity contribution in [2.45, 2.75) is 19.0 Å². The van der Waals surface area contributed by atoms with Crippen LogP contribution in [0.15, 0.2) is 48.5 Å². The van der Waals surface area contributed by atoms with Gasteiger partial charge >= 0.3 is 6.18 Å². The number of ether oxygens (including phenoxy) is 1. The maximum absolute atomic E-state index is 12.8. The van der Waals surface area contributed by atoms with Crippen LogP contribution in [0.5, 0.6) is 11.5 Å². The predicted molar refractivity (Wildman–Crippen MR) is 101 cm³/mol. The Morgan fingerprint density at radius 1 is 1.11 bits per heavy atom. The molecule has 150 valence electrons. The Hall–Kier alpha value is -2.54. The molecule has 0 saturated carbocycles. The minimum absolute atomic E-state index is 0.0762. The molecule has 1 N–H and O–H groups in total. The van der Waals surface area contributed by atoms with Crippen molar-refractivity contribution in [3.05, 3.63) is 59.7 Å². The van der Waals surface area contributed by atoms with Gasteiger partial charge in [0.05, 0.1) is 5.56 Å². The number of piperidine rings is 1. The van der Waals surface area contributed by atoms with Gasteiger partial charge in [-0.05, 0) is 68.8 Å². The predicted octanol–water partition coefficient (Wildman–Crippen LogP) is 4.57. The van der Waals surface area contributed by atoms with E-state index >= 15 is 0 Å². The van der Waals surface area contributed by atoms with E-state index < -0.39 is 11.7 Å². The van der Waals surface area contributed by atoms with Gasteiger partial charge in [0, 0.05) is 18.7 Å². The molecule has 1 amide bonds. The van der Waals surface area contributed by atoms with Gasteiger partial charge in [-0.15, -0.1) is 0 Å².